The third-order valence-electron chi connectivity index (χ3n) is 4.34. The molecule has 1 aliphatic heterocycles. The fourth-order valence-electron chi connectivity index (χ4n) is 3.19. The molecule has 5 heteroatoms. The number of fused-ring (bicyclic) bond motifs is 3. The Morgan fingerprint density at radius 3 is 2.81 bits per heavy atom. The van der Waals surface area contributed by atoms with Gasteiger partial charge in [0, 0.05) is 5.39 Å². The van der Waals surface area contributed by atoms with E-state index < -0.39 is 0 Å². The zero-order chi connectivity index (χ0) is 14.7. The SMILES string of the molecule is Cc1[nH]cnc1N1C(=O)n2c(cc3c(C)cccc32)C1C. The molecule has 1 unspecified atom stereocenters. The number of hydrogen-bond donors (Lipinski definition) is 1. The average Bonchev–Trinajstić information content (AvgIpc) is 3.09. The number of anilines is 1. The molecule has 0 bridgehead atoms. The van der Waals surface area contributed by atoms with Gasteiger partial charge in [-0.05, 0) is 38.5 Å². The lowest BCUT2D eigenvalue weighted by atomic mass is 10.1. The molecule has 0 aliphatic carbocycles. The van der Waals surface area contributed by atoms with E-state index in [4.69, 9.17) is 0 Å². The zero-order valence-electron chi connectivity index (χ0n) is 12.2. The molecular formula is C16H16N4O. The standard InChI is InChI=1S/C16H16N4O/c1-9-5-4-6-13-12(9)7-14-11(3)19(16(21)20(13)14)15-10(2)17-8-18-15/h4-8,11H,1-3H3,(H,17,18). The van der Waals surface area contributed by atoms with Crippen LogP contribution in [0.3, 0.4) is 0 Å². The maximum absolute atomic E-state index is 12.9. The molecule has 1 atom stereocenters. The van der Waals surface area contributed by atoms with Crippen LogP contribution in [0.15, 0.2) is 30.6 Å². The Hall–Kier alpha value is -2.56. The summed E-state index contributed by atoms with van der Waals surface area (Å²) in [5.41, 5.74) is 4.09. The molecule has 21 heavy (non-hydrogen) atoms. The van der Waals surface area contributed by atoms with E-state index in [0.29, 0.717) is 5.82 Å². The van der Waals surface area contributed by atoms with Crippen LogP contribution in [0.1, 0.15) is 29.9 Å². The molecule has 3 aromatic rings. The highest BCUT2D eigenvalue weighted by atomic mass is 16.2. The normalized spacial score (nSPS) is 17.8. The van der Waals surface area contributed by atoms with E-state index >= 15 is 0 Å². The molecular weight excluding hydrogens is 264 g/mol. The van der Waals surface area contributed by atoms with Crippen LogP contribution in [0.25, 0.3) is 10.9 Å². The van der Waals surface area contributed by atoms with E-state index in [1.165, 1.54) is 5.56 Å². The van der Waals surface area contributed by atoms with E-state index in [9.17, 15) is 4.79 Å². The maximum Gasteiger partial charge on any atom is 0.335 e. The third kappa shape index (κ3) is 1.46. The largest absolute Gasteiger partial charge is 0.347 e. The first-order chi connectivity index (χ1) is 10.1. The van der Waals surface area contributed by atoms with Gasteiger partial charge in [-0.1, -0.05) is 12.1 Å². The first-order valence-electron chi connectivity index (χ1n) is 7.04. The highest BCUT2D eigenvalue weighted by Crippen LogP contribution is 2.38. The second kappa shape index (κ2) is 3.97. The van der Waals surface area contributed by atoms with Crippen molar-refractivity contribution in [2.45, 2.75) is 26.8 Å². The molecule has 5 nitrogen and oxygen atoms in total. The molecule has 0 spiro atoms. The number of carbonyl (C=O) groups excluding carboxylic acids is 1. The smallest absolute Gasteiger partial charge is 0.335 e. The van der Waals surface area contributed by atoms with Crippen molar-refractivity contribution in [1.82, 2.24) is 14.5 Å². The minimum absolute atomic E-state index is 0.0219. The Morgan fingerprint density at radius 2 is 2.10 bits per heavy atom. The summed E-state index contributed by atoms with van der Waals surface area (Å²) >= 11 is 0. The van der Waals surface area contributed by atoms with Gasteiger partial charge in [0.15, 0.2) is 5.82 Å². The van der Waals surface area contributed by atoms with Crippen molar-refractivity contribution in [2.24, 2.45) is 0 Å². The Kier molecular flexibility index (Phi) is 2.31. The summed E-state index contributed by atoms with van der Waals surface area (Å²) in [4.78, 5) is 22.0. The highest BCUT2D eigenvalue weighted by molar-refractivity contribution is 6.04. The Balaban J connectivity index is 1.94. The number of aromatic nitrogens is 3. The van der Waals surface area contributed by atoms with Gasteiger partial charge in [0.2, 0.25) is 0 Å². The third-order valence-corrected chi connectivity index (χ3v) is 4.34. The number of benzene rings is 1. The average molecular weight is 280 g/mol. The minimum atomic E-state index is -0.0340. The summed E-state index contributed by atoms with van der Waals surface area (Å²) in [7, 11) is 0. The lowest BCUT2D eigenvalue weighted by Gasteiger charge is -2.19. The number of hydrogen-bond acceptors (Lipinski definition) is 2. The van der Waals surface area contributed by atoms with Crippen molar-refractivity contribution >= 4 is 22.8 Å². The molecule has 2 aromatic heterocycles. The van der Waals surface area contributed by atoms with Crippen LogP contribution < -0.4 is 4.90 Å². The molecule has 0 fully saturated rings. The van der Waals surface area contributed by atoms with E-state index in [-0.39, 0.29) is 12.1 Å². The van der Waals surface area contributed by atoms with Crippen molar-refractivity contribution in [3.05, 3.63) is 47.5 Å². The Morgan fingerprint density at radius 1 is 1.29 bits per heavy atom. The van der Waals surface area contributed by atoms with Gasteiger partial charge < -0.3 is 4.98 Å². The quantitative estimate of drug-likeness (QED) is 0.741. The molecule has 1 amide bonds. The lowest BCUT2D eigenvalue weighted by molar-refractivity contribution is 0.250. The van der Waals surface area contributed by atoms with Crippen molar-refractivity contribution in [2.75, 3.05) is 4.90 Å². The molecule has 3 heterocycles. The maximum atomic E-state index is 12.9. The molecule has 0 saturated carbocycles. The summed E-state index contributed by atoms with van der Waals surface area (Å²) in [6.45, 7) is 6.04. The number of nitrogens with one attached hydrogen (secondary N) is 1. The summed E-state index contributed by atoms with van der Waals surface area (Å²) < 4.78 is 1.81. The van der Waals surface area contributed by atoms with Crippen molar-refractivity contribution < 1.29 is 4.79 Å². The number of aryl methyl sites for hydroxylation is 2. The van der Waals surface area contributed by atoms with Crippen LogP contribution in [-0.4, -0.2) is 20.6 Å². The predicted octanol–water partition coefficient (Wildman–Crippen LogP) is 3.53. The molecule has 0 saturated heterocycles. The van der Waals surface area contributed by atoms with Gasteiger partial charge in [-0.2, -0.15) is 0 Å². The van der Waals surface area contributed by atoms with Crippen LogP contribution in [0.5, 0.6) is 0 Å². The van der Waals surface area contributed by atoms with Crippen LogP contribution in [-0.2, 0) is 0 Å². The summed E-state index contributed by atoms with van der Waals surface area (Å²) in [6.07, 6.45) is 1.63. The van der Waals surface area contributed by atoms with Crippen LogP contribution in [0.4, 0.5) is 10.6 Å². The molecule has 1 N–H and O–H groups in total. The lowest BCUT2D eigenvalue weighted by Crippen LogP contribution is -2.29. The first-order valence-corrected chi connectivity index (χ1v) is 7.04. The van der Waals surface area contributed by atoms with Crippen molar-refractivity contribution in [1.29, 1.82) is 0 Å². The molecule has 106 valence electrons. The Labute approximate surface area is 122 Å². The van der Waals surface area contributed by atoms with E-state index in [0.717, 1.165) is 22.3 Å². The van der Waals surface area contributed by atoms with Gasteiger partial charge in [0.25, 0.3) is 0 Å². The van der Waals surface area contributed by atoms with Gasteiger partial charge in [-0.3, -0.25) is 9.47 Å². The van der Waals surface area contributed by atoms with Crippen LogP contribution in [0, 0.1) is 13.8 Å². The number of amides is 1. The summed E-state index contributed by atoms with van der Waals surface area (Å²) in [5, 5.41) is 1.14. The fourth-order valence-corrected chi connectivity index (χ4v) is 3.19. The van der Waals surface area contributed by atoms with Gasteiger partial charge >= 0.3 is 6.03 Å². The predicted molar refractivity (Wildman–Crippen MR) is 81.7 cm³/mol. The van der Waals surface area contributed by atoms with Gasteiger partial charge in [0.05, 0.1) is 29.3 Å². The van der Waals surface area contributed by atoms with E-state index in [1.807, 2.05) is 26.0 Å². The van der Waals surface area contributed by atoms with Crippen molar-refractivity contribution in [3.63, 3.8) is 0 Å². The number of nitrogens with zero attached hydrogens (tertiary/aromatic N) is 3. The topological polar surface area (TPSA) is 53.9 Å². The van der Waals surface area contributed by atoms with Gasteiger partial charge in [0.1, 0.15) is 0 Å². The number of imidazole rings is 1. The van der Waals surface area contributed by atoms with Crippen molar-refractivity contribution in [3.8, 4) is 0 Å². The summed E-state index contributed by atoms with van der Waals surface area (Å²) in [5.74, 6) is 0.706. The highest BCUT2D eigenvalue weighted by Gasteiger charge is 2.38. The van der Waals surface area contributed by atoms with Gasteiger partial charge in [-0.15, -0.1) is 0 Å². The second-order valence-corrected chi connectivity index (χ2v) is 5.59. The van der Waals surface area contributed by atoms with Crippen LogP contribution >= 0.6 is 0 Å². The molecule has 0 radical (unpaired) electrons. The van der Waals surface area contributed by atoms with Gasteiger partial charge in [-0.25, -0.2) is 9.78 Å². The first kappa shape index (κ1) is 12.2. The number of aromatic amines is 1. The molecule has 4 rings (SSSR count). The summed E-state index contributed by atoms with van der Waals surface area (Å²) in [6, 6.07) is 8.13. The number of rotatable bonds is 1. The fraction of sp³-hybridized carbons (Fsp3) is 0.250. The number of carbonyl (C=O) groups is 1. The molecule has 1 aliphatic rings. The molecule has 1 aromatic carbocycles. The number of H-pyrrole nitrogens is 1. The van der Waals surface area contributed by atoms with E-state index in [1.54, 1.807) is 15.8 Å². The second-order valence-electron chi connectivity index (χ2n) is 5.59. The van der Waals surface area contributed by atoms with Crippen LogP contribution in [0.2, 0.25) is 0 Å². The zero-order valence-corrected chi connectivity index (χ0v) is 12.2. The van der Waals surface area contributed by atoms with E-state index in [2.05, 4.69) is 29.0 Å². The minimum Gasteiger partial charge on any atom is -0.347 e. The monoisotopic (exact) mass is 280 g/mol. The Bertz CT molecular complexity index is 874.